The molecule has 0 aliphatic heterocycles. The summed E-state index contributed by atoms with van der Waals surface area (Å²) in [7, 11) is -4.28. The summed E-state index contributed by atoms with van der Waals surface area (Å²) in [5.74, 6) is -8.94. The second-order valence-corrected chi connectivity index (χ2v) is 16.4. The van der Waals surface area contributed by atoms with Crippen LogP contribution in [0, 0.1) is 0 Å². The number of unbranched alkanes of at least 4 members (excludes halogenated alkanes) is 1. The Hall–Kier alpha value is -8.07. The van der Waals surface area contributed by atoms with Gasteiger partial charge in [-0.2, -0.15) is 33.6 Å². The molecule has 1 heterocycles. The summed E-state index contributed by atoms with van der Waals surface area (Å²) in [4.78, 5) is 71.3. The Kier molecular flexibility index (Phi) is 16.8. The number of ether oxygens (including phenoxy) is 1. The van der Waals surface area contributed by atoms with Gasteiger partial charge >= 0.3 is 29.8 Å². The third-order valence-electron chi connectivity index (χ3n) is 8.85. The van der Waals surface area contributed by atoms with Crippen LogP contribution in [0.15, 0.2) is 81.1 Å². The SMILES string of the molecule is CCCC(Nc1nc(Nc2cc(Cl)c(N=Nc3cc(C(=O)O)cc(C(=O)O)c3)cc2O)nc(Nc2cc(Cl)c(N=Nc3cc(C(=O)O)cc(C(=O)O)c3)cc2OCCCCS(=O)(=O)O)n1)C(=O)O. The number of carboxylic acids is 5. The van der Waals surface area contributed by atoms with Gasteiger partial charge in [0.05, 0.1) is 67.4 Å². The summed E-state index contributed by atoms with van der Waals surface area (Å²) in [5, 5.41) is 82.5. The third-order valence-corrected chi connectivity index (χ3v) is 10.3. The maximum Gasteiger partial charge on any atom is 0.335 e. The van der Waals surface area contributed by atoms with Gasteiger partial charge in [0.2, 0.25) is 17.8 Å². The number of carboxylic acid groups (broad SMARTS) is 5. The molecule has 356 valence electrons. The third kappa shape index (κ3) is 14.5. The first-order valence-corrected chi connectivity index (χ1v) is 21.8. The van der Waals surface area contributed by atoms with E-state index in [0.717, 1.165) is 42.5 Å². The van der Waals surface area contributed by atoms with Crippen molar-refractivity contribution in [2.45, 2.75) is 38.6 Å². The Morgan fingerprint density at radius 3 is 1.56 bits per heavy atom. The van der Waals surface area contributed by atoms with Crippen molar-refractivity contribution >= 4 is 115 Å². The fraction of sp³-hybridized carbons (Fsp3) is 0.200. The number of carbonyl (C=O) groups is 5. The number of phenols is 1. The van der Waals surface area contributed by atoms with E-state index in [-0.39, 0.29) is 116 Å². The molecule has 28 heteroatoms. The van der Waals surface area contributed by atoms with Gasteiger partial charge in [-0.05, 0) is 67.8 Å². The topological polar surface area (TPSA) is 395 Å². The number of nitrogens with zero attached hydrogens (tertiary/aromatic N) is 7. The Bertz CT molecular complexity index is 2910. The molecule has 0 saturated carbocycles. The summed E-state index contributed by atoms with van der Waals surface area (Å²) in [6.07, 6.45) is 0.668. The first kappa shape index (κ1) is 50.9. The number of hydrogen-bond donors (Lipinski definition) is 10. The lowest BCUT2D eigenvalue weighted by molar-refractivity contribution is -0.138. The lowest BCUT2D eigenvalue weighted by atomic mass is 10.1. The van der Waals surface area contributed by atoms with Crippen LogP contribution in [0.3, 0.4) is 0 Å². The molecule has 25 nitrogen and oxygen atoms in total. The summed E-state index contributed by atoms with van der Waals surface area (Å²) in [5.41, 5.74) is -2.16. The number of benzene rings is 4. The molecule has 0 radical (unpaired) electrons. The lowest BCUT2D eigenvalue weighted by Crippen LogP contribution is -2.30. The molecule has 4 aromatic carbocycles. The normalized spacial score (nSPS) is 11.9. The molecule has 0 spiro atoms. The van der Waals surface area contributed by atoms with Crippen LogP contribution in [0.5, 0.6) is 11.5 Å². The minimum absolute atomic E-state index is 0.0113. The molecule has 5 rings (SSSR count). The summed E-state index contributed by atoms with van der Waals surface area (Å²) >= 11 is 13.1. The zero-order chi connectivity index (χ0) is 49.9. The molecule has 0 aliphatic rings. The van der Waals surface area contributed by atoms with Crippen LogP contribution < -0.4 is 20.7 Å². The molecule has 0 amide bonds. The molecule has 0 saturated heterocycles. The fourth-order valence-electron chi connectivity index (χ4n) is 5.68. The van der Waals surface area contributed by atoms with Crippen molar-refractivity contribution in [3.8, 4) is 11.5 Å². The van der Waals surface area contributed by atoms with Crippen LogP contribution in [-0.2, 0) is 14.9 Å². The van der Waals surface area contributed by atoms with E-state index in [9.17, 15) is 63.0 Å². The fourth-order valence-corrected chi connectivity index (χ4v) is 6.65. The summed E-state index contributed by atoms with van der Waals surface area (Å²) in [6, 6.07) is 9.73. The number of aromatic nitrogens is 3. The number of phenolic OH excluding ortho intramolecular Hbond substituents is 1. The Morgan fingerprint density at radius 2 is 1.10 bits per heavy atom. The number of rotatable bonds is 23. The number of nitrogens with one attached hydrogen (secondary N) is 3. The predicted octanol–water partition coefficient (Wildman–Crippen LogP) is 8.71. The predicted molar refractivity (Wildman–Crippen MR) is 241 cm³/mol. The zero-order valence-corrected chi connectivity index (χ0v) is 37.1. The number of azo groups is 2. The summed E-state index contributed by atoms with van der Waals surface area (Å²) < 4.78 is 37.6. The van der Waals surface area contributed by atoms with Crippen molar-refractivity contribution in [1.29, 1.82) is 0 Å². The van der Waals surface area contributed by atoms with Crippen molar-refractivity contribution in [3.05, 3.63) is 93.0 Å². The molecule has 0 fully saturated rings. The highest BCUT2D eigenvalue weighted by Crippen LogP contribution is 2.40. The Balaban J connectivity index is 1.53. The molecule has 1 atom stereocenters. The molecule has 1 unspecified atom stereocenters. The maximum absolute atomic E-state index is 12.1. The molecule has 1 aromatic heterocycles. The van der Waals surface area contributed by atoms with Gasteiger partial charge in [0, 0.05) is 12.1 Å². The van der Waals surface area contributed by atoms with Crippen molar-refractivity contribution in [1.82, 2.24) is 15.0 Å². The molecule has 10 N–H and O–H groups in total. The highest BCUT2D eigenvalue weighted by Gasteiger charge is 2.21. The van der Waals surface area contributed by atoms with Crippen LogP contribution in [0.25, 0.3) is 0 Å². The maximum atomic E-state index is 12.1. The highest BCUT2D eigenvalue weighted by atomic mass is 35.5. The van der Waals surface area contributed by atoms with Gasteiger partial charge in [-0.15, -0.1) is 10.2 Å². The quantitative estimate of drug-likeness (QED) is 0.0126. The number of hydrogen-bond acceptors (Lipinski definition) is 19. The summed E-state index contributed by atoms with van der Waals surface area (Å²) in [6.45, 7) is 1.60. The van der Waals surface area contributed by atoms with Crippen LogP contribution in [0.1, 0.15) is 74.0 Å². The number of anilines is 5. The lowest BCUT2D eigenvalue weighted by Gasteiger charge is -2.17. The second-order valence-electron chi connectivity index (χ2n) is 14.0. The highest BCUT2D eigenvalue weighted by molar-refractivity contribution is 7.85. The van der Waals surface area contributed by atoms with Gasteiger partial charge in [-0.1, -0.05) is 36.5 Å². The smallest absolute Gasteiger partial charge is 0.335 e. The molecular formula is C40H36Cl2N10O15S. The van der Waals surface area contributed by atoms with Crippen LogP contribution in [0.4, 0.5) is 52.0 Å². The molecule has 0 bridgehead atoms. The Morgan fingerprint density at radius 1 is 0.647 bits per heavy atom. The van der Waals surface area contributed by atoms with E-state index in [4.69, 9.17) is 32.5 Å². The van der Waals surface area contributed by atoms with Gasteiger partial charge in [0.15, 0.2) is 0 Å². The van der Waals surface area contributed by atoms with Gasteiger partial charge < -0.3 is 51.3 Å². The first-order chi connectivity index (χ1) is 32.1. The largest absolute Gasteiger partial charge is 0.506 e. The van der Waals surface area contributed by atoms with E-state index >= 15 is 0 Å². The van der Waals surface area contributed by atoms with Gasteiger partial charge in [0.25, 0.3) is 10.1 Å². The standard InChI is InChI=1S/C40H36Cl2N10O15S/c1-2-5-26(37(62)63)43-38-46-39(44-29-14-24(41)27(16-31(29)53)51-49-22-10-18(33(54)55)8-19(11-22)34(56)57)48-40(47-38)45-30-15-25(42)28(17-32(30)67-6-3-4-7-68(64,65)66)52-50-23-12-20(35(58)59)9-21(13-23)36(60)61/h8-17,26,53H,2-7H2,1H3,(H,54,55)(H,56,57)(H,58,59)(H,60,61)(H,62,63)(H,64,65,66)(H3,43,44,45,46,47,48). The number of aromatic carboxylic acids is 4. The van der Waals surface area contributed by atoms with E-state index in [2.05, 4.69) is 51.4 Å². The van der Waals surface area contributed by atoms with Crippen molar-refractivity contribution in [3.63, 3.8) is 0 Å². The first-order valence-electron chi connectivity index (χ1n) is 19.4. The zero-order valence-electron chi connectivity index (χ0n) is 34.8. The van der Waals surface area contributed by atoms with Crippen LogP contribution in [-0.4, -0.2) is 107 Å². The van der Waals surface area contributed by atoms with Crippen molar-refractivity contribution in [2.75, 3.05) is 28.3 Å². The van der Waals surface area contributed by atoms with E-state index < -0.39 is 57.5 Å². The number of aromatic hydroxyl groups is 1. The van der Waals surface area contributed by atoms with E-state index in [1.165, 1.54) is 18.2 Å². The van der Waals surface area contributed by atoms with E-state index in [0.29, 0.717) is 6.42 Å². The average Bonchev–Trinajstić information content (AvgIpc) is 3.26. The van der Waals surface area contributed by atoms with Gasteiger partial charge in [-0.25, -0.2) is 24.0 Å². The minimum Gasteiger partial charge on any atom is -0.506 e. The van der Waals surface area contributed by atoms with Gasteiger partial charge in [0.1, 0.15) is 28.9 Å². The van der Waals surface area contributed by atoms with Crippen molar-refractivity contribution < 1.29 is 72.3 Å². The van der Waals surface area contributed by atoms with E-state index in [1.54, 1.807) is 6.92 Å². The number of halogens is 2. The van der Waals surface area contributed by atoms with Crippen LogP contribution >= 0.6 is 23.2 Å². The molecule has 0 aliphatic carbocycles. The molecule has 68 heavy (non-hydrogen) atoms. The second kappa shape index (κ2) is 22.4. The van der Waals surface area contributed by atoms with Crippen LogP contribution in [0.2, 0.25) is 10.0 Å². The van der Waals surface area contributed by atoms with Crippen molar-refractivity contribution in [2.24, 2.45) is 20.5 Å². The van der Waals surface area contributed by atoms with E-state index in [1.807, 2.05) is 0 Å². The molecular weight excluding hydrogens is 963 g/mol. The Labute approximate surface area is 393 Å². The number of aliphatic carboxylic acids is 1. The van der Waals surface area contributed by atoms with Gasteiger partial charge in [-0.3, -0.25) is 4.55 Å². The minimum atomic E-state index is -4.28. The average molecular weight is 1000 g/mol. The molecule has 5 aromatic rings. The monoisotopic (exact) mass is 998 g/mol.